The number of Topliss-reactive ketones (excluding diaryl/α,β-unsaturated/α-hetero) is 1. The van der Waals surface area contributed by atoms with Crippen LogP contribution in [0, 0.1) is 5.92 Å². The zero-order valence-corrected chi connectivity index (χ0v) is 12.1. The molecule has 3 heteroatoms. The van der Waals surface area contributed by atoms with Crippen molar-refractivity contribution in [1.82, 2.24) is 0 Å². The van der Waals surface area contributed by atoms with Crippen LogP contribution in [-0.4, -0.2) is 12.3 Å². The molecule has 0 radical (unpaired) electrons. The van der Waals surface area contributed by atoms with E-state index in [0.29, 0.717) is 11.7 Å². The molecule has 2 nitrogen and oxygen atoms in total. The number of hydrogen-bond donors (Lipinski definition) is 1. The third kappa shape index (κ3) is 2.16. The fourth-order valence-electron chi connectivity index (χ4n) is 2.83. The van der Waals surface area contributed by atoms with E-state index in [-0.39, 0.29) is 0 Å². The Labute approximate surface area is 122 Å². The van der Waals surface area contributed by atoms with Crippen molar-refractivity contribution in [3.8, 4) is 10.4 Å². The second kappa shape index (κ2) is 4.74. The van der Waals surface area contributed by atoms with Gasteiger partial charge < -0.3 is 5.32 Å². The molecule has 0 amide bonds. The average molecular weight is 283 g/mol. The molecule has 0 saturated heterocycles. The SMILES string of the molecule is O=C(CC1CC1)c1cc2c(s1)-c1ccccc1NCC2. The monoisotopic (exact) mass is 283 g/mol. The van der Waals surface area contributed by atoms with E-state index in [1.165, 1.54) is 34.5 Å². The van der Waals surface area contributed by atoms with Gasteiger partial charge in [0.25, 0.3) is 0 Å². The van der Waals surface area contributed by atoms with E-state index < -0.39 is 0 Å². The molecule has 2 aliphatic rings. The van der Waals surface area contributed by atoms with Gasteiger partial charge in [-0.15, -0.1) is 11.3 Å². The molecule has 1 saturated carbocycles. The Hall–Kier alpha value is -1.61. The first-order valence-corrected chi connectivity index (χ1v) is 8.12. The number of nitrogens with one attached hydrogen (secondary N) is 1. The Morgan fingerprint density at radius 3 is 3.00 bits per heavy atom. The summed E-state index contributed by atoms with van der Waals surface area (Å²) in [6.45, 7) is 0.941. The van der Waals surface area contributed by atoms with Crippen LogP contribution in [0.25, 0.3) is 10.4 Å². The minimum Gasteiger partial charge on any atom is -0.384 e. The van der Waals surface area contributed by atoms with Crippen molar-refractivity contribution < 1.29 is 4.79 Å². The molecular formula is C17H17NOS. The van der Waals surface area contributed by atoms with Crippen molar-refractivity contribution in [2.24, 2.45) is 5.92 Å². The number of hydrogen-bond acceptors (Lipinski definition) is 3. The van der Waals surface area contributed by atoms with Crippen LogP contribution >= 0.6 is 11.3 Å². The molecule has 4 rings (SSSR count). The Morgan fingerprint density at radius 2 is 2.15 bits per heavy atom. The normalized spacial score (nSPS) is 16.8. The lowest BCUT2D eigenvalue weighted by molar-refractivity contribution is 0.0980. The topological polar surface area (TPSA) is 29.1 Å². The summed E-state index contributed by atoms with van der Waals surface area (Å²) in [5, 5.41) is 3.47. The molecular weight excluding hydrogens is 266 g/mol. The van der Waals surface area contributed by atoms with E-state index >= 15 is 0 Å². The maximum Gasteiger partial charge on any atom is 0.173 e. The van der Waals surface area contributed by atoms with Gasteiger partial charge in [-0.3, -0.25) is 4.79 Å². The quantitative estimate of drug-likeness (QED) is 0.848. The zero-order chi connectivity index (χ0) is 13.5. The summed E-state index contributed by atoms with van der Waals surface area (Å²) in [6.07, 6.45) is 4.23. The Kier molecular flexibility index (Phi) is 2.88. The summed E-state index contributed by atoms with van der Waals surface area (Å²) < 4.78 is 0. The minimum absolute atomic E-state index is 0.344. The second-order valence-corrected chi connectivity index (χ2v) is 6.81. The van der Waals surface area contributed by atoms with Gasteiger partial charge >= 0.3 is 0 Å². The van der Waals surface area contributed by atoms with Gasteiger partial charge in [-0.05, 0) is 42.9 Å². The van der Waals surface area contributed by atoms with Crippen molar-refractivity contribution in [3.63, 3.8) is 0 Å². The number of rotatable bonds is 3. The van der Waals surface area contributed by atoms with Crippen LogP contribution in [0.3, 0.4) is 0 Å². The molecule has 0 unspecified atom stereocenters. The van der Waals surface area contributed by atoms with Crippen molar-refractivity contribution in [2.45, 2.75) is 25.7 Å². The third-order valence-corrected chi connectivity index (χ3v) is 5.39. The van der Waals surface area contributed by atoms with Gasteiger partial charge in [0.2, 0.25) is 0 Å². The van der Waals surface area contributed by atoms with Gasteiger partial charge in [-0.25, -0.2) is 0 Å². The van der Waals surface area contributed by atoms with E-state index in [1.807, 2.05) is 0 Å². The smallest absolute Gasteiger partial charge is 0.173 e. The number of anilines is 1. The van der Waals surface area contributed by atoms with E-state index in [9.17, 15) is 4.79 Å². The van der Waals surface area contributed by atoms with Gasteiger partial charge in [0, 0.05) is 29.1 Å². The number of para-hydroxylation sites is 1. The predicted octanol–water partition coefficient (Wildman–Crippen LogP) is 4.37. The first kappa shape index (κ1) is 12.2. The molecule has 1 aliphatic carbocycles. The Balaban J connectivity index is 1.73. The zero-order valence-electron chi connectivity index (χ0n) is 11.3. The number of fused-ring (bicyclic) bond motifs is 3. The average Bonchev–Trinajstić information content (AvgIpc) is 3.20. The number of carbonyl (C=O) groups is 1. The second-order valence-electron chi connectivity index (χ2n) is 5.76. The lowest BCUT2D eigenvalue weighted by atomic mass is 10.1. The summed E-state index contributed by atoms with van der Waals surface area (Å²) >= 11 is 1.68. The molecule has 0 spiro atoms. The number of benzene rings is 1. The van der Waals surface area contributed by atoms with Crippen molar-refractivity contribution in [2.75, 3.05) is 11.9 Å². The van der Waals surface area contributed by atoms with E-state index in [2.05, 4.69) is 35.6 Å². The molecule has 2 heterocycles. The summed E-state index contributed by atoms with van der Waals surface area (Å²) in [5.41, 5.74) is 3.76. The number of ketones is 1. The summed E-state index contributed by atoms with van der Waals surface area (Å²) in [7, 11) is 0. The third-order valence-electron chi connectivity index (χ3n) is 4.14. The number of carbonyl (C=O) groups excluding carboxylic acids is 1. The highest BCUT2D eigenvalue weighted by atomic mass is 32.1. The fourth-order valence-corrected chi connectivity index (χ4v) is 4.03. The van der Waals surface area contributed by atoms with Crippen molar-refractivity contribution in [3.05, 3.63) is 40.8 Å². The molecule has 1 fully saturated rings. The highest BCUT2D eigenvalue weighted by molar-refractivity contribution is 7.17. The molecule has 1 aliphatic heterocycles. The van der Waals surface area contributed by atoms with Crippen LogP contribution in [0.5, 0.6) is 0 Å². The fraction of sp³-hybridized carbons (Fsp3) is 0.353. The molecule has 0 bridgehead atoms. The van der Waals surface area contributed by atoms with E-state index in [4.69, 9.17) is 0 Å². The molecule has 102 valence electrons. The summed E-state index contributed by atoms with van der Waals surface area (Å²) in [6, 6.07) is 10.5. The van der Waals surface area contributed by atoms with Crippen LogP contribution in [0.1, 0.15) is 34.5 Å². The lowest BCUT2D eigenvalue weighted by Gasteiger charge is -2.06. The molecule has 1 N–H and O–H groups in total. The number of thiophene rings is 1. The van der Waals surface area contributed by atoms with Crippen molar-refractivity contribution in [1.29, 1.82) is 0 Å². The Bertz CT molecular complexity index is 669. The largest absolute Gasteiger partial charge is 0.384 e. The first-order valence-electron chi connectivity index (χ1n) is 7.30. The molecule has 2 aromatic rings. The summed E-state index contributed by atoms with van der Waals surface area (Å²) in [4.78, 5) is 14.5. The molecule has 0 atom stereocenters. The molecule has 20 heavy (non-hydrogen) atoms. The van der Waals surface area contributed by atoms with Crippen molar-refractivity contribution >= 4 is 22.8 Å². The summed E-state index contributed by atoms with van der Waals surface area (Å²) in [5.74, 6) is 1.01. The van der Waals surface area contributed by atoms with Crippen LogP contribution in [0.15, 0.2) is 30.3 Å². The van der Waals surface area contributed by atoms with Gasteiger partial charge in [0.1, 0.15) is 0 Å². The van der Waals surface area contributed by atoms with Crippen LogP contribution in [0.2, 0.25) is 0 Å². The van der Waals surface area contributed by atoms with E-state index in [0.717, 1.165) is 24.3 Å². The maximum atomic E-state index is 12.3. The highest BCUT2D eigenvalue weighted by Crippen LogP contribution is 2.41. The molecule has 1 aromatic carbocycles. The highest BCUT2D eigenvalue weighted by Gasteiger charge is 2.27. The van der Waals surface area contributed by atoms with Gasteiger partial charge in [-0.1, -0.05) is 18.2 Å². The predicted molar refractivity (Wildman–Crippen MR) is 83.6 cm³/mol. The maximum absolute atomic E-state index is 12.3. The van der Waals surface area contributed by atoms with Gasteiger partial charge in [-0.2, -0.15) is 0 Å². The van der Waals surface area contributed by atoms with Crippen LogP contribution < -0.4 is 5.32 Å². The van der Waals surface area contributed by atoms with Crippen LogP contribution in [0.4, 0.5) is 5.69 Å². The van der Waals surface area contributed by atoms with Gasteiger partial charge in [0.15, 0.2) is 5.78 Å². The standard InChI is InChI=1S/C17H17NOS/c19-15(9-11-5-6-11)16-10-12-7-8-18-14-4-2-1-3-13(14)17(12)20-16/h1-4,10-11,18H,5-9H2. The van der Waals surface area contributed by atoms with E-state index in [1.54, 1.807) is 11.3 Å². The van der Waals surface area contributed by atoms with Gasteiger partial charge in [0.05, 0.1) is 4.88 Å². The Morgan fingerprint density at radius 1 is 1.30 bits per heavy atom. The molecule has 1 aromatic heterocycles. The van der Waals surface area contributed by atoms with Crippen LogP contribution in [-0.2, 0) is 6.42 Å². The minimum atomic E-state index is 0.344. The lowest BCUT2D eigenvalue weighted by Crippen LogP contribution is -2.02. The first-order chi connectivity index (χ1) is 9.81.